The van der Waals surface area contributed by atoms with Gasteiger partial charge >= 0.3 is 0 Å². The molecule has 18 heavy (non-hydrogen) atoms. The van der Waals surface area contributed by atoms with Crippen molar-refractivity contribution in [2.45, 2.75) is 46.6 Å². The maximum Gasteiger partial charge on any atom is 0.0740 e. The quantitative estimate of drug-likeness (QED) is 0.876. The number of rotatable bonds is 2. The van der Waals surface area contributed by atoms with E-state index in [1.165, 1.54) is 22.1 Å². The van der Waals surface area contributed by atoms with Gasteiger partial charge in [0, 0.05) is 16.6 Å². The van der Waals surface area contributed by atoms with Crippen molar-refractivity contribution in [3.63, 3.8) is 0 Å². The predicted molar refractivity (Wildman–Crippen MR) is 77.9 cm³/mol. The number of aromatic nitrogens is 1. The summed E-state index contributed by atoms with van der Waals surface area (Å²) >= 11 is 0. The van der Waals surface area contributed by atoms with Crippen LogP contribution < -0.4 is 5.73 Å². The summed E-state index contributed by atoms with van der Waals surface area (Å²) < 4.78 is 0. The van der Waals surface area contributed by atoms with Crippen molar-refractivity contribution in [3.05, 3.63) is 40.6 Å². The minimum Gasteiger partial charge on any atom is -0.325 e. The van der Waals surface area contributed by atoms with E-state index in [4.69, 9.17) is 10.7 Å². The molecule has 0 atom stereocenters. The van der Waals surface area contributed by atoms with E-state index in [0.29, 0.717) is 0 Å². The summed E-state index contributed by atoms with van der Waals surface area (Å²) in [5.41, 5.74) is 11.9. The molecule has 2 heteroatoms. The van der Waals surface area contributed by atoms with Gasteiger partial charge in [0.25, 0.3) is 0 Å². The fraction of sp³-hybridized carbons (Fsp3) is 0.438. The van der Waals surface area contributed by atoms with Crippen molar-refractivity contribution in [2.75, 3.05) is 0 Å². The lowest BCUT2D eigenvalue weighted by molar-refractivity contribution is 0.518. The molecule has 0 saturated heterocycles. The molecule has 1 aromatic heterocycles. The maximum absolute atomic E-state index is 6.16. The van der Waals surface area contributed by atoms with Crippen molar-refractivity contribution in [2.24, 2.45) is 5.73 Å². The van der Waals surface area contributed by atoms with E-state index in [1.54, 1.807) is 0 Å². The molecule has 0 fully saturated rings. The molecule has 2 nitrogen and oxygen atoms in total. The Morgan fingerprint density at radius 3 is 2.39 bits per heavy atom. The van der Waals surface area contributed by atoms with Gasteiger partial charge in [-0.3, -0.25) is 4.98 Å². The van der Waals surface area contributed by atoms with E-state index in [1.807, 2.05) is 6.92 Å². The number of nitrogens with two attached hydrogens (primary N) is 1. The van der Waals surface area contributed by atoms with Gasteiger partial charge in [0.15, 0.2) is 0 Å². The number of pyridine rings is 1. The number of benzene rings is 1. The lowest BCUT2D eigenvalue weighted by Gasteiger charge is -2.20. The smallest absolute Gasteiger partial charge is 0.0740 e. The molecule has 96 valence electrons. The normalized spacial score (nSPS) is 12.1. The predicted octanol–water partition coefficient (Wildman–Crippen LogP) is 3.44. The van der Waals surface area contributed by atoms with E-state index in [-0.39, 0.29) is 5.54 Å². The third-order valence-electron chi connectivity index (χ3n) is 3.12. The van der Waals surface area contributed by atoms with Crippen LogP contribution in [-0.2, 0) is 6.42 Å². The summed E-state index contributed by atoms with van der Waals surface area (Å²) in [4.78, 5) is 4.71. The van der Waals surface area contributed by atoms with Crippen LogP contribution in [0.4, 0.5) is 0 Å². The van der Waals surface area contributed by atoms with Crippen molar-refractivity contribution in [3.8, 4) is 0 Å². The molecule has 0 aliphatic rings. The second kappa shape index (κ2) is 4.36. The number of hydrogen-bond donors (Lipinski definition) is 1. The largest absolute Gasteiger partial charge is 0.325 e. The minimum atomic E-state index is -0.208. The SMILES string of the molecule is Cc1cc(CC(C)(C)N)c2nc(C)cc(C)c2c1. The van der Waals surface area contributed by atoms with Crippen LogP contribution in [0.3, 0.4) is 0 Å². The van der Waals surface area contributed by atoms with Crippen molar-refractivity contribution in [1.29, 1.82) is 0 Å². The minimum absolute atomic E-state index is 0.208. The first-order chi connectivity index (χ1) is 8.26. The average molecular weight is 242 g/mol. The molecule has 0 unspecified atom stereocenters. The Bertz CT molecular complexity index is 592. The molecule has 0 aliphatic heterocycles. The summed E-state index contributed by atoms with van der Waals surface area (Å²) in [5, 5.41) is 1.25. The zero-order valence-corrected chi connectivity index (χ0v) is 12.0. The topological polar surface area (TPSA) is 38.9 Å². The van der Waals surface area contributed by atoms with Crippen molar-refractivity contribution >= 4 is 10.9 Å². The molecule has 1 heterocycles. The lowest BCUT2D eigenvalue weighted by Crippen LogP contribution is -2.34. The molecule has 0 bridgehead atoms. The second-order valence-corrected chi connectivity index (χ2v) is 6.07. The first kappa shape index (κ1) is 13.0. The standard InChI is InChI=1S/C16H22N2/c1-10-6-13(9-16(4,5)17)15-14(7-10)11(2)8-12(3)18-15/h6-8H,9,17H2,1-5H3. The summed E-state index contributed by atoms with van der Waals surface area (Å²) in [6.07, 6.45) is 0.848. The summed E-state index contributed by atoms with van der Waals surface area (Å²) in [7, 11) is 0. The second-order valence-electron chi connectivity index (χ2n) is 6.07. The molecule has 0 aliphatic carbocycles. The van der Waals surface area contributed by atoms with Crippen LogP contribution in [-0.4, -0.2) is 10.5 Å². The molecule has 1 aromatic carbocycles. The van der Waals surface area contributed by atoms with Gasteiger partial charge < -0.3 is 5.73 Å². The molecule has 0 saturated carbocycles. The van der Waals surface area contributed by atoms with E-state index in [9.17, 15) is 0 Å². The summed E-state index contributed by atoms with van der Waals surface area (Å²) in [5.74, 6) is 0. The molecule has 0 amide bonds. The van der Waals surface area contributed by atoms with Gasteiger partial charge in [-0.1, -0.05) is 11.6 Å². The van der Waals surface area contributed by atoms with Gasteiger partial charge in [-0.25, -0.2) is 0 Å². The van der Waals surface area contributed by atoms with Crippen molar-refractivity contribution in [1.82, 2.24) is 4.98 Å². The Morgan fingerprint density at radius 2 is 1.78 bits per heavy atom. The first-order valence-electron chi connectivity index (χ1n) is 6.43. The Balaban J connectivity index is 2.72. The summed E-state index contributed by atoms with van der Waals surface area (Å²) in [6.45, 7) is 10.4. The number of hydrogen-bond acceptors (Lipinski definition) is 2. The van der Waals surface area contributed by atoms with Gasteiger partial charge in [0.2, 0.25) is 0 Å². The van der Waals surface area contributed by atoms with Crippen LogP contribution in [0, 0.1) is 20.8 Å². The van der Waals surface area contributed by atoms with E-state index >= 15 is 0 Å². The monoisotopic (exact) mass is 242 g/mol. The van der Waals surface area contributed by atoms with E-state index < -0.39 is 0 Å². The number of fused-ring (bicyclic) bond motifs is 1. The van der Waals surface area contributed by atoms with Gasteiger partial charge in [-0.2, -0.15) is 0 Å². The van der Waals surface area contributed by atoms with Gasteiger partial charge in [0.1, 0.15) is 0 Å². The molecule has 0 radical (unpaired) electrons. The molecule has 2 N–H and O–H groups in total. The summed E-state index contributed by atoms with van der Waals surface area (Å²) in [6, 6.07) is 6.56. The molecule has 0 spiro atoms. The fourth-order valence-corrected chi connectivity index (χ4v) is 2.51. The third-order valence-corrected chi connectivity index (χ3v) is 3.12. The van der Waals surface area contributed by atoms with Gasteiger partial charge in [-0.05, 0) is 64.3 Å². The van der Waals surface area contributed by atoms with Crippen LogP contribution in [0.15, 0.2) is 18.2 Å². The Hall–Kier alpha value is -1.41. The molecular weight excluding hydrogens is 220 g/mol. The highest BCUT2D eigenvalue weighted by atomic mass is 14.7. The zero-order valence-electron chi connectivity index (χ0n) is 12.0. The third kappa shape index (κ3) is 2.70. The van der Waals surface area contributed by atoms with Gasteiger partial charge in [-0.15, -0.1) is 0 Å². The highest BCUT2D eigenvalue weighted by Crippen LogP contribution is 2.25. The van der Waals surface area contributed by atoms with Crippen LogP contribution in [0.5, 0.6) is 0 Å². The maximum atomic E-state index is 6.16. The molecule has 2 aromatic rings. The van der Waals surface area contributed by atoms with Crippen molar-refractivity contribution < 1.29 is 0 Å². The zero-order chi connectivity index (χ0) is 13.5. The van der Waals surface area contributed by atoms with Gasteiger partial charge in [0.05, 0.1) is 5.52 Å². The Labute approximate surface area is 109 Å². The van der Waals surface area contributed by atoms with Crippen LogP contribution in [0.1, 0.15) is 36.2 Å². The number of aryl methyl sites for hydroxylation is 3. The first-order valence-corrected chi connectivity index (χ1v) is 6.43. The highest BCUT2D eigenvalue weighted by Gasteiger charge is 2.15. The Kier molecular flexibility index (Phi) is 3.16. The average Bonchev–Trinajstić information content (AvgIpc) is 2.17. The lowest BCUT2D eigenvalue weighted by atomic mass is 9.92. The van der Waals surface area contributed by atoms with Crippen LogP contribution >= 0.6 is 0 Å². The fourth-order valence-electron chi connectivity index (χ4n) is 2.51. The number of nitrogens with zero attached hydrogens (tertiary/aromatic N) is 1. The van der Waals surface area contributed by atoms with Crippen LogP contribution in [0.25, 0.3) is 10.9 Å². The van der Waals surface area contributed by atoms with Crippen LogP contribution in [0.2, 0.25) is 0 Å². The Morgan fingerprint density at radius 1 is 1.11 bits per heavy atom. The molecular formula is C16H22N2. The highest BCUT2D eigenvalue weighted by molar-refractivity contribution is 5.86. The van der Waals surface area contributed by atoms with E-state index in [2.05, 4.69) is 45.9 Å². The van der Waals surface area contributed by atoms with E-state index in [0.717, 1.165) is 17.6 Å². The molecule has 2 rings (SSSR count).